The highest BCUT2D eigenvalue weighted by molar-refractivity contribution is 7.09. The summed E-state index contributed by atoms with van der Waals surface area (Å²) in [7, 11) is 0. The quantitative estimate of drug-likeness (QED) is 0.884. The lowest BCUT2D eigenvalue weighted by Gasteiger charge is -2.17. The van der Waals surface area contributed by atoms with Crippen LogP contribution in [0.2, 0.25) is 0 Å². The minimum absolute atomic E-state index is 0.0687. The van der Waals surface area contributed by atoms with E-state index in [2.05, 4.69) is 24.1 Å². The van der Waals surface area contributed by atoms with Crippen molar-refractivity contribution < 1.29 is 4.79 Å². The fraction of sp³-hybridized carbons (Fsp3) is 0.692. The number of carbonyl (C=O) groups excluding carboxylic acids is 1. The first-order chi connectivity index (χ1) is 8.37. The van der Waals surface area contributed by atoms with E-state index in [4.69, 9.17) is 5.73 Å². The maximum absolute atomic E-state index is 12.0. The average Bonchev–Trinajstić information content (AvgIpc) is 2.85. The van der Waals surface area contributed by atoms with Gasteiger partial charge in [-0.15, -0.1) is 11.3 Å². The Labute approximate surface area is 112 Å². The summed E-state index contributed by atoms with van der Waals surface area (Å²) in [5.74, 6) is -0.0687. The number of nitrogens with zero attached hydrogens (tertiary/aromatic N) is 1. The van der Waals surface area contributed by atoms with Gasteiger partial charge in [-0.25, -0.2) is 4.98 Å². The number of rotatable bonds is 3. The van der Waals surface area contributed by atoms with Crippen LogP contribution in [0.3, 0.4) is 0 Å². The molecule has 2 atom stereocenters. The molecule has 0 radical (unpaired) electrons. The Balaban J connectivity index is 1.95. The van der Waals surface area contributed by atoms with E-state index in [0.29, 0.717) is 11.1 Å². The third kappa shape index (κ3) is 3.09. The van der Waals surface area contributed by atoms with E-state index < -0.39 is 0 Å². The number of hydrogen-bond donors (Lipinski definition) is 2. The van der Waals surface area contributed by atoms with Crippen LogP contribution in [0.5, 0.6) is 0 Å². The molecule has 2 unspecified atom stereocenters. The fourth-order valence-corrected chi connectivity index (χ4v) is 3.18. The van der Waals surface area contributed by atoms with Crippen molar-refractivity contribution in [1.29, 1.82) is 0 Å². The van der Waals surface area contributed by atoms with Gasteiger partial charge in [0.05, 0.1) is 6.04 Å². The highest BCUT2D eigenvalue weighted by atomic mass is 32.1. The smallest absolute Gasteiger partial charge is 0.270 e. The summed E-state index contributed by atoms with van der Waals surface area (Å²) in [5, 5.41) is 5.67. The lowest BCUT2D eigenvalue weighted by atomic mass is 9.92. The molecule has 1 aromatic rings. The van der Waals surface area contributed by atoms with Crippen LogP contribution >= 0.6 is 11.3 Å². The number of aromatic nitrogens is 1. The highest BCUT2D eigenvalue weighted by Crippen LogP contribution is 2.36. The van der Waals surface area contributed by atoms with Crippen molar-refractivity contribution in [3.8, 4) is 0 Å². The van der Waals surface area contributed by atoms with E-state index in [1.807, 2.05) is 6.92 Å². The van der Waals surface area contributed by atoms with Gasteiger partial charge in [0.1, 0.15) is 10.7 Å². The van der Waals surface area contributed by atoms with Crippen LogP contribution in [-0.2, 0) is 0 Å². The monoisotopic (exact) mass is 267 g/mol. The molecule has 18 heavy (non-hydrogen) atoms. The first kappa shape index (κ1) is 13.5. The van der Waals surface area contributed by atoms with Gasteiger partial charge in [0, 0.05) is 11.4 Å². The summed E-state index contributed by atoms with van der Waals surface area (Å²) >= 11 is 1.45. The molecule has 0 bridgehead atoms. The fourth-order valence-electron chi connectivity index (χ4n) is 2.42. The zero-order valence-corrected chi connectivity index (χ0v) is 12.0. The molecule has 1 amide bonds. The second-order valence-electron chi connectivity index (χ2n) is 5.94. The molecule has 100 valence electrons. The summed E-state index contributed by atoms with van der Waals surface area (Å²) in [6.45, 7) is 6.37. The van der Waals surface area contributed by atoms with Crippen LogP contribution in [0.25, 0.3) is 0 Å². The summed E-state index contributed by atoms with van der Waals surface area (Å²) < 4.78 is 0. The maximum atomic E-state index is 12.0. The minimum Gasteiger partial charge on any atom is -0.348 e. The minimum atomic E-state index is -0.109. The van der Waals surface area contributed by atoms with Crippen molar-refractivity contribution in [3.05, 3.63) is 16.1 Å². The SMILES string of the molecule is CC(N)c1nc(C(=O)NC2CCC(C)(C)C2)cs1. The molecule has 0 saturated heterocycles. The largest absolute Gasteiger partial charge is 0.348 e. The highest BCUT2D eigenvalue weighted by Gasteiger charge is 2.32. The zero-order valence-electron chi connectivity index (χ0n) is 11.2. The Morgan fingerprint density at radius 1 is 1.67 bits per heavy atom. The number of thiazole rings is 1. The van der Waals surface area contributed by atoms with E-state index in [-0.39, 0.29) is 18.0 Å². The number of carbonyl (C=O) groups is 1. The van der Waals surface area contributed by atoms with Crippen molar-refractivity contribution in [2.24, 2.45) is 11.1 Å². The summed E-state index contributed by atoms with van der Waals surface area (Å²) in [6, 6.07) is 0.176. The molecular weight excluding hydrogens is 246 g/mol. The zero-order chi connectivity index (χ0) is 13.3. The van der Waals surface area contributed by atoms with Crippen LogP contribution in [-0.4, -0.2) is 16.9 Å². The van der Waals surface area contributed by atoms with Gasteiger partial charge >= 0.3 is 0 Å². The molecule has 0 aliphatic heterocycles. The first-order valence-electron chi connectivity index (χ1n) is 6.39. The molecule has 1 fully saturated rings. The Morgan fingerprint density at radius 2 is 2.39 bits per heavy atom. The molecular formula is C13H21N3OS. The van der Waals surface area contributed by atoms with E-state index >= 15 is 0 Å². The van der Waals surface area contributed by atoms with E-state index in [9.17, 15) is 4.79 Å². The van der Waals surface area contributed by atoms with Gasteiger partial charge in [0.15, 0.2) is 0 Å². The van der Waals surface area contributed by atoms with Crippen LogP contribution in [0.1, 0.15) is 61.6 Å². The van der Waals surface area contributed by atoms with Crippen LogP contribution in [0, 0.1) is 5.41 Å². The van der Waals surface area contributed by atoms with Gasteiger partial charge in [0.2, 0.25) is 0 Å². The van der Waals surface area contributed by atoms with Crippen molar-refractivity contribution in [2.45, 2.75) is 52.1 Å². The number of nitrogens with one attached hydrogen (secondary N) is 1. The lowest BCUT2D eigenvalue weighted by Crippen LogP contribution is -2.33. The number of hydrogen-bond acceptors (Lipinski definition) is 4. The molecule has 3 N–H and O–H groups in total. The third-order valence-electron chi connectivity index (χ3n) is 3.45. The Kier molecular flexibility index (Phi) is 3.73. The van der Waals surface area contributed by atoms with Gasteiger partial charge < -0.3 is 11.1 Å². The van der Waals surface area contributed by atoms with E-state index in [0.717, 1.165) is 17.8 Å². The molecule has 0 aromatic carbocycles. The molecule has 1 aliphatic carbocycles. The lowest BCUT2D eigenvalue weighted by molar-refractivity contribution is 0.0931. The molecule has 2 rings (SSSR count). The standard InChI is InChI=1S/C13H21N3OS/c1-8(14)12-16-10(7-18-12)11(17)15-9-4-5-13(2,3)6-9/h7-9H,4-6,14H2,1-3H3,(H,15,17). The van der Waals surface area contributed by atoms with E-state index in [1.165, 1.54) is 17.8 Å². The molecule has 1 aliphatic rings. The van der Waals surface area contributed by atoms with Gasteiger partial charge in [-0.05, 0) is 31.6 Å². The van der Waals surface area contributed by atoms with Crippen LogP contribution in [0.15, 0.2) is 5.38 Å². The second-order valence-corrected chi connectivity index (χ2v) is 6.83. The number of nitrogens with two attached hydrogens (primary N) is 1. The summed E-state index contributed by atoms with van der Waals surface area (Å²) in [5.41, 5.74) is 6.58. The van der Waals surface area contributed by atoms with E-state index in [1.54, 1.807) is 5.38 Å². The van der Waals surface area contributed by atoms with Crippen molar-refractivity contribution in [2.75, 3.05) is 0 Å². The van der Waals surface area contributed by atoms with Crippen LogP contribution < -0.4 is 11.1 Å². The summed E-state index contributed by atoms with van der Waals surface area (Å²) in [6.07, 6.45) is 3.27. The van der Waals surface area contributed by atoms with Gasteiger partial charge in [0.25, 0.3) is 5.91 Å². The number of amides is 1. The average molecular weight is 267 g/mol. The molecule has 0 spiro atoms. The Hall–Kier alpha value is -0.940. The molecule has 5 heteroatoms. The Bertz CT molecular complexity index is 439. The Morgan fingerprint density at radius 3 is 2.89 bits per heavy atom. The van der Waals surface area contributed by atoms with Crippen molar-refractivity contribution >= 4 is 17.2 Å². The van der Waals surface area contributed by atoms with Gasteiger partial charge in [-0.2, -0.15) is 0 Å². The second kappa shape index (κ2) is 4.97. The molecule has 1 saturated carbocycles. The maximum Gasteiger partial charge on any atom is 0.270 e. The first-order valence-corrected chi connectivity index (χ1v) is 7.27. The topological polar surface area (TPSA) is 68.0 Å². The van der Waals surface area contributed by atoms with Gasteiger partial charge in [-0.3, -0.25) is 4.79 Å². The summed E-state index contributed by atoms with van der Waals surface area (Å²) in [4.78, 5) is 16.3. The molecule has 1 aromatic heterocycles. The predicted molar refractivity (Wildman–Crippen MR) is 73.6 cm³/mol. The third-order valence-corrected chi connectivity index (χ3v) is 4.49. The normalized spacial score (nSPS) is 23.9. The molecule has 4 nitrogen and oxygen atoms in total. The van der Waals surface area contributed by atoms with Crippen LogP contribution in [0.4, 0.5) is 0 Å². The predicted octanol–water partition coefficient (Wildman–Crippen LogP) is 2.47. The molecule has 1 heterocycles. The van der Waals surface area contributed by atoms with Gasteiger partial charge in [-0.1, -0.05) is 13.8 Å². The van der Waals surface area contributed by atoms with Crippen molar-refractivity contribution in [1.82, 2.24) is 10.3 Å². The van der Waals surface area contributed by atoms with Crippen molar-refractivity contribution in [3.63, 3.8) is 0 Å².